The molecule has 1 aromatic heterocycles. The summed E-state index contributed by atoms with van der Waals surface area (Å²) >= 11 is 0. The first-order chi connectivity index (χ1) is 6.59. The lowest BCUT2D eigenvalue weighted by Crippen LogP contribution is -2.05. The molecule has 71 valence electrons. The van der Waals surface area contributed by atoms with E-state index in [-0.39, 0.29) is 5.39 Å². The fourth-order valence-electron chi connectivity index (χ4n) is 1.28. The van der Waals surface area contributed by atoms with Gasteiger partial charge in [-0.3, -0.25) is 4.98 Å². The minimum atomic E-state index is -4.34. The van der Waals surface area contributed by atoms with E-state index in [0.29, 0.717) is 5.52 Å². The van der Waals surface area contributed by atoms with E-state index in [2.05, 4.69) is 11.1 Å². The van der Waals surface area contributed by atoms with Crippen molar-refractivity contribution in [1.29, 1.82) is 0 Å². The van der Waals surface area contributed by atoms with Crippen molar-refractivity contribution in [1.82, 2.24) is 4.98 Å². The SMILES string of the molecule is FC(F)(F)c1ccnc2cc[c]cc12. The standard InChI is InChI=1S/C10H5F3N/c11-10(12,13)8-5-6-14-9-4-2-1-3-7(8)9/h2-6H. The average Bonchev–Trinajstić information content (AvgIpc) is 2.15. The first-order valence-electron chi connectivity index (χ1n) is 3.91. The highest BCUT2D eigenvalue weighted by Crippen LogP contribution is 2.33. The van der Waals surface area contributed by atoms with Gasteiger partial charge < -0.3 is 0 Å². The van der Waals surface area contributed by atoms with Gasteiger partial charge >= 0.3 is 6.18 Å². The van der Waals surface area contributed by atoms with Crippen LogP contribution < -0.4 is 0 Å². The van der Waals surface area contributed by atoms with Crippen LogP contribution in [0, 0.1) is 6.07 Å². The molecular formula is C10H5F3N. The van der Waals surface area contributed by atoms with Gasteiger partial charge in [0.15, 0.2) is 0 Å². The minimum absolute atomic E-state index is 0.0856. The molecule has 0 aliphatic carbocycles. The van der Waals surface area contributed by atoms with Crippen LogP contribution in [-0.4, -0.2) is 4.98 Å². The number of rotatable bonds is 0. The van der Waals surface area contributed by atoms with Gasteiger partial charge in [0.1, 0.15) is 0 Å². The summed E-state index contributed by atoms with van der Waals surface area (Å²) in [4.78, 5) is 3.84. The second-order valence-electron chi connectivity index (χ2n) is 2.80. The molecule has 1 nitrogen and oxygen atoms in total. The van der Waals surface area contributed by atoms with Crippen LogP contribution >= 0.6 is 0 Å². The van der Waals surface area contributed by atoms with Crippen LogP contribution in [0.3, 0.4) is 0 Å². The summed E-state index contributed by atoms with van der Waals surface area (Å²) in [6, 6.07) is 7.91. The van der Waals surface area contributed by atoms with Crippen molar-refractivity contribution in [3.8, 4) is 0 Å². The van der Waals surface area contributed by atoms with Crippen LogP contribution in [0.5, 0.6) is 0 Å². The molecule has 0 aliphatic rings. The molecule has 0 atom stereocenters. The second-order valence-corrected chi connectivity index (χ2v) is 2.80. The van der Waals surface area contributed by atoms with Gasteiger partial charge in [-0.2, -0.15) is 13.2 Å². The smallest absolute Gasteiger partial charge is 0.256 e. The Labute approximate surface area is 78.2 Å². The highest BCUT2D eigenvalue weighted by molar-refractivity contribution is 5.82. The summed E-state index contributed by atoms with van der Waals surface area (Å²) in [7, 11) is 0. The molecule has 0 amide bonds. The van der Waals surface area contributed by atoms with Crippen molar-refractivity contribution >= 4 is 10.9 Å². The molecular weight excluding hydrogens is 191 g/mol. The van der Waals surface area contributed by atoms with E-state index in [4.69, 9.17) is 0 Å². The molecule has 4 heteroatoms. The van der Waals surface area contributed by atoms with E-state index in [1.165, 1.54) is 18.2 Å². The molecule has 2 aromatic rings. The van der Waals surface area contributed by atoms with Crippen LogP contribution in [0.1, 0.15) is 5.56 Å². The van der Waals surface area contributed by atoms with Gasteiger partial charge in [0.05, 0.1) is 11.1 Å². The van der Waals surface area contributed by atoms with Gasteiger partial charge in [0, 0.05) is 11.6 Å². The normalized spacial score (nSPS) is 11.9. The van der Waals surface area contributed by atoms with E-state index in [0.717, 1.165) is 12.3 Å². The van der Waals surface area contributed by atoms with Crippen LogP contribution in [0.25, 0.3) is 10.9 Å². The third kappa shape index (κ3) is 1.43. The lowest BCUT2D eigenvalue weighted by molar-refractivity contribution is -0.136. The number of benzene rings is 1. The summed E-state index contributed by atoms with van der Waals surface area (Å²) in [5.41, 5.74) is -0.335. The first kappa shape index (κ1) is 8.99. The number of halogens is 3. The molecule has 0 saturated carbocycles. The van der Waals surface area contributed by atoms with Gasteiger partial charge in [0.25, 0.3) is 0 Å². The third-order valence-electron chi connectivity index (χ3n) is 1.89. The van der Waals surface area contributed by atoms with Gasteiger partial charge in [-0.1, -0.05) is 6.07 Å². The second kappa shape index (κ2) is 2.97. The molecule has 0 N–H and O–H groups in total. The van der Waals surface area contributed by atoms with Crippen molar-refractivity contribution in [2.75, 3.05) is 0 Å². The van der Waals surface area contributed by atoms with Crippen LogP contribution in [0.15, 0.2) is 30.5 Å². The molecule has 0 fully saturated rings. The van der Waals surface area contributed by atoms with Gasteiger partial charge in [-0.25, -0.2) is 0 Å². The Kier molecular flexibility index (Phi) is 1.91. The van der Waals surface area contributed by atoms with Crippen molar-refractivity contribution in [2.45, 2.75) is 6.18 Å². The van der Waals surface area contributed by atoms with Crippen molar-refractivity contribution in [3.63, 3.8) is 0 Å². The summed E-state index contributed by atoms with van der Waals surface area (Å²) < 4.78 is 37.4. The molecule has 1 aromatic carbocycles. The van der Waals surface area contributed by atoms with Gasteiger partial charge in [-0.15, -0.1) is 0 Å². The zero-order chi connectivity index (χ0) is 10.2. The predicted octanol–water partition coefficient (Wildman–Crippen LogP) is 3.05. The van der Waals surface area contributed by atoms with Crippen molar-refractivity contribution in [3.05, 3.63) is 42.1 Å². The number of alkyl halides is 3. The molecule has 14 heavy (non-hydrogen) atoms. The summed E-state index contributed by atoms with van der Waals surface area (Å²) in [5, 5.41) is 0.0856. The number of fused-ring (bicyclic) bond motifs is 1. The lowest BCUT2D eigenvalue weighted by atomic mass is 10.1. The third-order valence-corrected chi connectivity index (χ3v) is 1.89. The minimum Gasteiger partial charge on any atom is -0.256 e. The summed E-state index contributed by atoms with van der Waals surface area (Å²) in [6.45, 7) is 0. The van der Waals surface area contributed by atoms with E-state index in [1.54, 1.807) is 0 Å². The Morgan fingerprint density at radius 2 is 2.00 bits per heavy atom. The maximum Gasteiger partial charge on any atom is 0.417 e. The van der Waals surface area contributed by atoms with Crippen LogP contribution in [0.2, 0.25) is 0 Å². The molecule has 0 bridgehead atoms. The van der Waals surface area contributed by atoms with Gasteiger partial charge in [-0.05, 0) is 24.3 Å². The molecule has 2 rings (SSSR count). The van der Waals surface area contributed by atoms with Gasteiger partial charge in [0.2, 0.25) is 0 Å². The first-order valence-corrected chi connectivity index (χ1v) is 3.91. The lowest BCUT2D eigenvalue weighted by Gasteiger charge is -2.08. The molecule has 1 radical (unpaired) electrons. The zero-order valence-corrected chi connectivity index (χ0v) is 6.97. The van der Waals surface area contributed by atoms with E-state index >= 15 is 0 Å². The Morgan fingerprint density at radius 3 is 2.71 bits per heavy atom. The fourth-order valence-corrected chi connectivity index (χ4v) is 1.28. The summed E-state index contributed by atoms with van der Waals surface area (Å²) in [6.07, 6.45) is -3.18. The maximum absolute atomic E-state index is 12.5. The molecule has 1 heterocycles. The maximum atomic E-state index is 12.5. The Balaban J connectivity index is 2.78. The molecule has 0 aliphatic heterocycles. The fraction of sp³-hybridized carbons (Fsp3) is 0.100. The average molecular weight is 196 g/mol. The highest BCUT2D eigenvalue weighted by Gasteiger charge is 2.32. The zero-order valence-electron chi connectivity index (χ0n) is 6.97. The van der Waals surface area contributed by atoms with Crippen molar-refractivity contribution in [2.24, 2.45) is 0 Å². The number of hydrogen-bond acceptors (Lipinski definition) is 1. The Hall–Kier alpha value is -1.58. The number of nitrogens with zero attached hydrogens (tertiary/aromatic N) is 1. The Morgan fingerprint density at radius 1 is 1.21 bits per heavy atom. The monoisotopic (exact) mass is 196 g/mol. The molecule has 0 spiro atoms. The van der Waals surface area contributed by atoms with E-state index in [1.807, 2.05) is 0 Å². The highest BCUT2D eigenvalue weighted by atomic mass is 19.4. The summed E-state index contributed by atoms with van der Waals surface area (Å²) in [5.74, 6) is 0. The van der Waals surface area contributed by atoms with Crippen LogP contribution in [0.4, 0.5) is 13.2 Å². The van der Waals surface area contributed by atoms with E-state index in [9.17, 15) is 13.2 Å². The molecule has 0 unspecified atom stereocenters. The van der Waals surface area contributed by atoms with Crippen LogP contribution in [-0.2, 0) is 6.18 Å². The predicted molar refractivity (Wildman–Crippen MR) is 45.6 cm³/mol. The van der Waals surface area contributed by atoms with Crippen molar-refractivity contribution < 1.29 is 13.2 Å². The largest absolute Gasteiger partial charge is 0.417 e. The number of aromatic nitrogens is 1. The topological polar surface area (TPSA) is 12.9 Å². The number of pyridine rings is 1. The molecule has 0 saturated heterocycles. The Bertz CT molecular complexity index is 457. The number of hydrogen-bond donors (Lipinski definition) is 0. The van der Waals surface area contributed by atoms with E-state index < -0.39 is 11.7 Å². The quantitative estimate of drug-likeness (QED) is 0.631.